The van der Waals surface area contributed by atoms with Crippen LogP contribution in [-0.4, -0.2) is 33.4 Å². The minimum Gasteiger partial charge on any atom is -0.493 e. The minimum atomic E-state index is -3.21. The molecular formula is C18H28ClNO3S. The Kier molecular flexibility index (Phi) is 7.38. The van der Waals surface area contributed by atoms with Gasteiger partial charge in [0.15, 0.2) is 9.84 Å². The number of rotatable bonds is 5. The zero-order chi connectivity index (χ0) is 16.1. The highest BCUT2D eigenvalue weighted by molar-refractivity contribution is 7.92. The van der Waals surface area contributed by atoms with Crippen molar-refractivity contribution in [1.82, 2.24) is 5.32 Å². The summed E-state index contributed by atoms with van der Waals surface area (Å²) < 4.78 is 31.1. The molecule has 0 spiro atoms. The first-order valence-electron chi connectivity index (χ1n) is 8.84. The standard InChI is InChI=1S/C18H27NO3S.ClH/c20-23(21,18-10-12-19-13-11-18)17-8-6-16(7-9-17)22-14-15-4-2-1-3-5-15;/h6-9,15,18-19H,1-5,10-14H2;1H. The van der Waals surface area contributed by atoms with Crippen molar-refractivity contribution < 1.29 is 13.2 Å². The molecule has 4 nitrogen and oxygen atoms in total. The largest absolute Gasteiger partial charge is 0.493 e. The van der Waals surface area contributed by atoms with Crippen molar-refractivity contribution in [3.05, 3.63) is 24.3 Å². The maximum atomic E-state index is 12.6. The summed E-state index contributed by atoms with van der Waals surface area (Å²) in [5.74, 6) is 1.43. The van der Waals surface area contributed by atoms with Crippen LogP contribution >= 0.6 is 12.4 Å². The Balaban J connectivity index is 0.00000208. The fraction of sp³-hybridized carbons (Fsp3) is 0.667. The highest BCUT2D eigenvalue weighted by atomic mass is 35.5. The van der Waals surface area contributed by atoms with Gasteiger partial charge >= 0.3 is 0 Å². The predicted molar refractivity (Wildman–Crippen MR) is 98.8 cm³/mol. The summed E-state index contributed by atoms with van der Waals surface area (Å²) in [6, 6.07) is 7.01. The van der Waals surface area contributed by atoms with E-state index in [1.54, 1.807) is 24.3 Å². The molecule has 1 aromatic carbocycles. The summed E-state index contributed by atoms with van der Waals surface area (Å²) in [7, 11) is -3.21. The highest BCUT2D eigenvalue weighted by Gasteiger charge is 2.28. The van der Waals surface area contributed by atoms with Crippen LogP contribution in [0.25, 0.3) is 0 Å². The topological polar surface area (TPSA) is 55.4 Å². The Morgan fingerprint density at radius 2 is 1.58 bits per heavy atom. The molecule has 1 saturated heterocycles. The van der Waals surface area contributed by atoms with E-state index in [2.05, 4.69) is 5.32 Å². The first-order valence-corrected chi connectivity index (χ1v) is 10.4. The van der Waals surface area contributed by atoms with Crippen molar-refractivity contribution in [2.45, 2.75) is 55.1 Å². The van der Waals surface area contributed by atoms with E-state index in [0.29, 0.717) is 23.7 Å². The molecule has 24 heavy (non-hydrogen) atoms. The SMILES string of the molecule is Cl.O=S(=O)(c1ccc(OCC2CCCCC2)cc1)C1CCNCC1. The number of nitrogens with one attached hydrogen (secondary N) is 1. The zero-order valence-electron chi connectivity index (χ0n) is 14.1. The molecule has 1 saturated carbocycles. The second-order valence-electron chi connectivity index (χ2n) is 6.78. The number of benzene rings is 1. The third-order valence-corrected chi connectivity index (χ3v) is 7.37. The lowest BCUT2D eigenvalue weighted by atomic mass is 9.90. The van der Waals surface area contributed by atoms with E-state index in [9.17, 15) is 8.42 Å². The molecule has 0 unspecified atom stereocenters. The van der Waals surface area contributed by atoms with Gasteiger partial charge in [-0.25, -0.2) is 8.42 Å². The van der Waals surface area contributed by atoms with Gasteiger partial charge in [0.2, 0.25) is 0 Å². The monoisotopic (exact) mass is 373 g/mol. The molecule has 0 bridgehead atoms. The molecule has 2 fully saturated rings. The molecule has 1 aromatic rings. The number of piperidine rings is 1. The maximum Gasteiger partial charge on any atom is 0.181 e. The first kappa shape index (κ1) is 19.5. The Labute approximate surface area is 151 Å². The summed E-state index contributed by atoms with van der Waals surface area (Å²) in [4.78, 5) is 0.425. The number of hydrogen-bond acceptors (Lipinski definition) is 4. The molecule has 1 aliphatic carbocycles. The molecular weight excluding hydrogens is 346 g/mol. The first-order chi connectivity index (χ1) is 11.2. The maximum absolute atomic E-state index is 12.6. The lowest BCUT2D eigenvalue weighted by Gasteiger charge is -2.23. The number of halogens is 1. The van der Waals surface area contributed by atoms with Gasteiger partial charge in [0, 0.05) is 0 Å². The molecule has 0 amide bonds. The van der Waals surface area contributed by atoms with Crippen molar-refractivity contribution in [1.29, 1.82) is 0 Å². The average Bonchev–Trinajstić information content (AvgIpc) is 2.62. The van der Waals surface area contributed by atoms with Crippen LogP contribution in [0.2, 0.25) is 0 Å². The van der Waals surface area contributed by atoms with Gasteiger partial charge in [0.25, 0.3) is 0 Å². The molecule has 1 N–H and O–H groups in total. The van der Waals surface area contributed by atoms with Crippen LogP contribution in [0.4, 0.5) is 0 Å². The number of sulfone groups is 1. The second kappa shape index (κ2) is 9.07. The normalized spacial score (nSPS) is 20.3. The third kappa shape index (κ3) is 4.87. The fourth-order valence-electron chi connectivity index (χ4n) is 3.59. The smallest absolute Gasteiger partial charge is 0.181 e. The van der Waals surface area contributed by atoms with Gasteiger partial charge in [-0.1, -0.05) is 19.3 Å². The van der Waals surface area contributed by atoms with Gasteiger partial charge in [0.05, 0.1) is 16.8 Å². The van der Waals surface area contributed by atoms with E-state index in [1.165, 1.54) is 32.1 Å². The van der Waals surface area contributed by atoms with Crippen molar-refractivity contribution in [3.63, 3.8) is 0 Å². The highest BCUT2D eigenvalue weighted by Crippen LogP contribution is 2.26. The van der Waals surface area contributed by atoms with Gasteiger partial charge in [-0.15, -0.1) is 12.4 Å². The van der Waals surface area contributed by atoms with Crippen molar-refractivity contribution >= 4 is 22.2 Å². The Hall–Kier alpha value is -0.780. The molecule has 1 heterocycles. The Bertz CT molecular complexity index is 591. The molecule has 2 aliphatic rings. The molecule has 1 aliphatic heterocycles. The van der Waals surface area contributed by atoms with Crippen LogP contribution < -0.4 is 10.1 Å². The second-order valence-corrected chi connectivity index (χ2v) is 9.01. The van der Waals surface area contributed by atoms with Crippen LogP contribution in [0.1, 0.15) is 44.9 Å². The van der Waals surface area contributed by atoms with E-state index < -0.39 is 9.84 Å². The molecule has 0 atom stereocenters. The lowest BCUT2D eigenvalue weighted by molar-refractivity contribution is 0.209. The third-order valence-electron chi connectivity index (χ3n) is 5.09. The van der Waals surface area contributed by atoms with Crippen molar-refractivity contribution in [2.75, 3.05) is 19.7 Å². The molecule has 6 heteroatoms. The average molecular weight is 374 g/mol. The van der Waals surface area contributed by atoms with E-state index >= 15 is 0 Å². The minimum absolute atomic E-state index is 0. The van der Waals surface area contributed by atoms with Crippen LogP contribution in [0, 0.1) is 5.92 Å². The zero-order valence-corrected chi connectivity index (χ0v) is 15.7. The lowest BCUT2D eigenvalue weighted by Crippen LogP contribution is -2.35. The van der Waals surface area contributed by atoms with E-state index in [1.807, 2.05) is 0 Å². The molecule has 0 radical (unpaired) electrons. The number of hydrogen-bond donors (Lipinski definition) is 1. The predicted octanol–water partition coefficient (Wildman–Crippen LogP) is 3.59. The van der Waals surface area contributed by atoms with E-state index in [-0.39, 0.29) is 17.7 Å². The van der Waals surface area contributed by atoms with E-state index in [4.69, 9.17) is 4.74 Å². The summed E-state index contributed by atoms with van der Waals surface area (Å²) in [6.07, 6.45) is 7.86. The number of ether oxygens (including phenoxy) is 1. The van der Waals surface area contributed by atoms with Gasteiger partial charge < -0.3 is 10.1 Å². The fourth-order valence-corrected chi connectivity index (χ4v) is 5.35. The van der Waals surface area contributed by atoms with Gasteiger partial charge in [0.1, 0.15) is 5.75 Å². The van der Waals surface area contributed by atoms with Gasteiger partial charge in [-0.2, -0.15) is 0 Å². The molecule has 136 valence electrons. The van der Waals surface area contributed by atoms with Gasteiger partial charge in [-0.3, -0.25) is 0 Å². The summed E-state index contributed by atoms with van der Waals surface area (Å²) in [5.41, 5.74) is 0. The Morgan fingerprint density at radius 3 is 2.21 bits per heavy atom. The summed E-state index contributed by atoms with van der Waals surface area (Å²) in [5, 5.41) is 2.96. The van der Waals surface area contributed by atoms with Crippen molar-refractivity contribution in [2.24, 2.45) is 5.92 Å². The van der Waals surface area contributed by atoms with Gasteiger partial charge in [-0.05, 0) is 69.0 Å². The summed E-state index contributed by atoms with van der Waals surface area (Å²) in [6.45, 7) is 2.32. The van der Waals surface area contributed by atoms with E-state index in [0.717, 1.165) is 25.4 Å². The van der Waals surface area contributed by atoms with Crippen molar-refractivity contribution in [3.8, 4) is 5.75 Å². The van der Waals surface area contributed by atoms with Crippen LogP contribution in [0.5, 0.6) is 5.75 Å². The quantitative estimate of drug-likeness (QED) is 0.856. The molecule has 0 aromatic heterocycles. The Morgan fingerprint density at radius 1 is 0.958 bits per heavy atom. The van der Waals surface area contributed by atoms with Crippen LogP contribution in [-0.2, 0) is 9.84 Å². The van der Waals surface area contributed by atoms with Crippen LogP contribution in [0.15, 0.2) is 29.2 Å². The summed E-state index contributed by atoms with van der Waals surface area (Å²) >= 11 is 0. The molecule has 3 rings (SSSR count). The van der Waals surface area contributed by atoms with Crippen LogP contribution in [0.3, 0.4) is 0 Å².